The highest BCUT2D eigenvalue weighted by atomic mass is 15.2. The summed E-state index contributed by atoms with van der Waals surface area (Å²) in [5.41, 5.74) is 23.4. The third-order valence-corrected chi connectivity index (χ3v) is 14.3. The van der Waals surface area contributed by atoms with Crippen LogP contribution in [0.15, 0.2) is 279 Å². The molecule has 0 heterocycles. The summed E-state index contributed by atoms with van der Waals surface area (Å²) in [5, 5.41) is 0. The topological polar surface area (TPSA) is 6.48 Å². The highest BCUT2D eigenvalue weighted by Gasteiger charge is 2.52. The molecule has 2 nitrogen and oxygen atoms in total. The largest absolute Gasteiger partial charge is 0.310 e. The van der Waals surface area contributed by atoms with Gasteiger partial charge in [0.05, 0.1) is 16.8 Å². The molecule has 0 aromatic heterocycles. The fraction of sp³-hybridized carbons (Fsp3) is 0.0149. The lowest BCUT2D eigenvalue weighted by Crippen LogP contribution is -2.26. The lowest BCUT2D eigenvalue weighted by atomic mass is 9.70. The summed E-state index contributed by atoms with van der Waals surface area (Å²) in [5.74, 6) is 0. The number of hydrogen-bond donors (Lipinski definition) is 0. The smallest absolute Gasteiger partial charge is 0.0727 e. The molecule has 0 saturated carbocycles. The fourth-order valence-corrected chi connectivity index (χ4v) is 11.3. The predicted molar refractivity (Wildman–Crippen MR) is 288 cm³/mol. The Labute approximate surface area is 404 Å². The summed E-state index contributed by atoms with van der Waals surface area (Å²) in [6, 6.07) is 102. The molecular formula is C67H46N2. The average molecular weight is 879 g/mol. The Morgan fingerprint density at radius 2 is 0.623 bits per heavy atom. The molecule has 13 rings (SSSR count). The molecule has 1 atom stereocenters. The molecule has 324 valence electrons. The van der Waals surface area contributed by atoms with Crippen molar-refractivity contribution in [3.8, 4) is 55.6 Å². The number of rotatable bonds is 9. The molecule has 2 aliphatic carbocycles. The SMILES string of the molecule is c1ccc(-c2ccc(N(c3ccc(-c4ccccc4)cc3)c3ccc4c(c3)C3(c5ccccc5-4)c4ccccc4-c4c(N(c5ccccc5)c5ccccc5-c5ccccc5)cccc43)cc2)cc1. The Morgan fingerprint density at radius 1 is 0.217 bits per heavy atom. The minimum atomic E-state index is -0.592. The van der Waals surface area contributed by atoms with Crippen LogP contribution < -0.4 is 9.80 Å². The lowest BCUT2D eigenvalue weighted by molar-refractivity contribution is 0.793. The summed E-state index contributed by atoms with van der Waals surface area (Å²) in [6.07, 6.45) is 0. The molecular weight excluding hydrogens is 833 g/mol. The summed E-state index contributed by atoms with van der Waals surface area (Å²) in [7, 11) is 0. The van der Waals surface area contributed by atoms with E-state index in [-0.39, 0.29) is 0 Å². The van der Waals surface area contributed by atoms with Crippen molar-refractivity contribution in [3.63, 3.8) is 0 Å². The van der Waals surface area contributed by atoms with Crippen molar-refractivity contribution in [3.05, 3.63) is 301 Å². The maximum atomic E-state index is 2.49. The van der Waals surface area contributed by atoms with E-state index in [0.29, 0.717) is 0 Å². The second-order valence-electron chi connectivity index (χ2n) is 18.0. The Balaban J connectivity index is 1.04. The Hall–Kier alpha value is -8.98. The molecule has 1 spiro atoms. The molecule has 0 aliphatic heterocycles. The maximum Gasteiger partial charge on any atom is 0.0727 e. The van der Waals surface area contributed by atoms with Crippen LogP contribution in [0, 0.1) is 0 Å². The summed E-state index contributed by atoms with van der Waals surface area (Å²) >= 11 is 0. The molecule has 1 unspecified atom stereocenters. The third kappa shape index (κ3) is 6.56. The van der Waals surface area contributed by atoms with E-state index in [1.54, 1.807) is 0 Å². The zero-order valence-corrected chi connectivity index (χ0v) is 38.0. The molecule has 2 aliphatic rings. The van der Waals surface area contributed by atoms with Crippen molar-refractivity contribution in [2.75, 3.05) is 9.80 Å². The van der Waals surface area contributed by atoms with Crippen LogP contribution in [0.25, 0.3) is 55.6 Å². The zero-order valence-electron chi connectivity index (χ0n) is 38.0. The van der Waals surface area contributed by atoms with Crippen molar-refractivity contribution in [2.24, 2.45) is 0 Å². The van der Waals surface area contributed by atoms with Gasteiger partial charge in [-0.25, -0.2) is 0 Å². The first-order chi connectivity index (χ1) is 34.3. The van der Waals surface area contributed by atoms with Crippen LogP contribution in [0.3, 0.4) is 0 Å². The van der Waals surface area contributed by atoms with Gasteiger partial charge >= 0.3 is 0 Å². The normalized spacial score (nSPS) is 13.9. The predicted octanol–water partition coefficient (Wildman–Crippen LogP) is 18.0. The van der Waals surface area contributed by atoms with E-state index in [1.165, 1.54) is 77.9 Å². The highest BCUT2D eigenvalue weighted by molar-refractivity contribution is 6.03. The zero-order chi connectivity index (χ0) is 45.7. The molecule has 0 bridgehead atoms. The van der Waals surface area contributed by atoms with Crippen LogP contribution >= 0.6 is 0 Å². The second kappa shape index (κ2) is 16.7. The fourth-order valence-electron chi connectivity index (χ4n) is 11.3. The van der Waals surface area contributed by atoms with E-state index in [9.17, 15) is 0 Å². The third-order valence-electron chi connectivity index (χ3n) is 14.3. The van der Waals surface area contributed by atoms with Crippen molar-refractivity contribution in [1.29, 1.82) is 0 Å². The Bertz CT molecular complexity index is 3560. The van der Waals surface area contributed by atoms with Gasteiger partial charge in [-0.15, -0.1) is 0 Å². The molecule has 2 heteroatoms. The number of hydrogen-bond acceptors (Lipinski definition) is 2. The van der Waals surface area contributed by atoms with Crippen LogP contribution in [0.5, 0.6) is 0 Å². The molecule has 0 saturated heterocycles. The van der Waals surface area contributed by atoms with Crippen LogP contribution in [0.1, 0.15) is 22.3 Å². The number of nitrogens with zero attached hydrogens (tertiary/aromatic N) is 2. The first-order valence-electron chi connectivity index (χ1n) is 23.8. The van der Waals surface area contributed by atoms with E-state index >= 15 is 0 Å². The van der Waals surface area contributed by atoms with Crippen LogP contribution in [-0.4, -0.2) is 0 Å². The van der Waals surface area contributed by atoms with Crippen LogP contribution in [0.2, 0.25) is 0 Å². The molecule has 69 heavy (non-hydrogen) atoms. The van der Waals surface area contributed by atoms with Gasteiger partial charge in [0.1, 0.15) is 0 Å². The van der Waals surface area contributed by atoms with Crippen molar-refractivity contribution >= 4 is 34.1 Å². The van der Waals surface area contributed by atoms with Crippen LogP contribution in [0.4, 0.5) is 34.1 Å². The van der Waals surface area contributed by atoms with Crippen molar-refractivity contribution in [1.82, 2.24) is 0 Å². The van der Waals surface area contributed by atoms with Gasteiger partial charge in [0.25, 0.3) is 0 Å². The minimum Gasteiger partial charge on any atom is -0.310 e. The number of anilines is 6. The van der Waals surface area contributed by atoms with Crippen molar-refractivity contribution < 1.29 is 0 Å². The van der Waals surface area contributed by atoms with Gasteiger partial charge in [-0.3, -0.25) is 0 Å². The van der Waals surface area contributed by atoms with Crippen molar-refractivity contribution in [2.45, 2.75) is 5.41 Å². The molecule has 0 fully saturated rings. The maximum absolute atomic E-state index is 2.49. The number of fused-ring (bicyclic) bond motifs is 10. The van der Waals surface area contributed by atoms with Gasteiger partial charge in [-0.1, -0.05) is 218 Å². The quantitative estimate of drug-likeness (QED) is 0.143. The lowest BCUT2D eigenvalue weighted by Gasteiger charge is -2.33. The number of para-hydroxylation sites is 2. The summed E-state index contributed by atoms with van der Waals surface area (Å²) in [4.78, 5) is 4.91. The second-order valence-corrected chi connectivity index (χ2v) is 18.0. The van der Waals surface area contributed by atoms with Gasteiger partial charge < -0.3 is 9.80 Å². The van der Waals surface area contributed by atoms with E-state index < -0.39 is 5.41 Å². The summed E-state index contributed by atoms with van der Waals surface area (Å²) < 4.78 is 0. The molecule has 0 radical (unpaired) electrons. The average Bonchev–Trinajstić information content (AvgIpc) is 3.90. The van der Waals surface area contributed by atoms with Crippen LogP contribution in [-0.2, 0) is 5.41 Å². The van der Waals surface area contributed by atoms with Gasteiger partial charge in [-0.05, 0) is 127 Å². The van der Waals surface area contributed by atoms with E-state index in [1.807, 2.05) is 0 Å². The Kier molecular flexibility index (Phi) is 9.77. The van der Waals surface area contributed by atoms with Gasteiger partial charge in [-0.2, -0.15) is 0 Å². The summed E-state index contributed by atoms with van der Waals surface area (Å²) in [6.45, 7) is 0. The van der Waals surface area contributed by atoms with Gasteiger partial charge in [0.2, 0.25) is 0 Å². The molecule has 0 N–H and O–H groups in total. The first-order valence-corrected chi connectivity index (χ1v) is 23.8. The van der Waals surface area contributed by atoms with E-state index in [0.717, 1.165) is 34.1 Å². The minimum absolute atomic E-state index is 0.592. The molecule has 0 amide bonds. The van der Waals surface area contributed by atoms with E-state index in [4.69, 9.17) is 0 Å². The standard InChI is InChI=1S/C67H46N2/c1-5-20-47(21-6-1)49-36-40-53(41-37-49)68(54-42-38-50(39-43-54)48-22-7-2-8-23-48)55-44-45-58-57-29-13-16-31-60(57)67(63(58)46-55)61-32-17-14-30-59(61)66-62(67)33-19-35-65(66)69(52-26-11-4-12-27-52)64-34-18-15-28-56(64)51-24-9-3-10-25-51/h1-46H. The highest BCUT2D eigenvalue weighted by Crippen LogP contribution is 2.65. The monoisotopic (exact) mass is 878 g/mol. The van der Waals surface area contributed by atoms with E-state index in [2.05, 4.69) is 289 Å². The first kappa shape index (κ1) is 40.3. The molecule has 11 aromatic rings. The Morgan fingerprint density at radius 3 is 1.23 bits per heavy atom. The van der Waals surface area contributed by atoms with Gasteiger partial charge in [0, 0.05) is 33.9 Å². The van der Waals surface area contributed by atoms with Gasteiger partial charge in [0.15, 0.2) is 0 Å². The molecule has 11 aromatic carbocycles. The number of benzene rings is 11.